The van der Waals surface area contributed by atoms with E-state index in [1.54, 1.807) is 48.5 Å². The Morgan fingerprint density at radius 3 is 2.24 bits per heavy atom. The SMILES string of the molecule is CC[C@H](C)n1c(=O)c2ccccc2n(CC(=O)Nc2ccc(Oc3ccccc3)cc2)c1=O. The van der Waals surface area contributed by atoms with Crippen LogP contribution in [0.1, 0.15) is 26.3 Å². The molecule has 0 unspecified atom stereocenters. The Labute approximate surface area is 190 Å². The van der Waals surface area contributed by atoms with Crippen LogP contribution < -0.4 is 21.3 Å². The van der Waals surface area contributed by atoms with Gasteiger partial charge in [0.15, 0.2) is 0 Å². The summed E-state index contributed by atoms with van der Waals surface area (Å²) in [5, 5.41) is 3.22. The summed E-state index contributed by atoms with van der Waals surface area (Å²) >= 11 is 0. The summed E-state index contributed by atoms with van der Waals surface area (Å²) < 4.78 is 8.34. The van der Waals surface area contributed by atoms with Gasteiger partial charge in [-0.15, -0.1) is 0 Å². The van der Waals surface area contributed by atoms with Crippen LogP contribution in [0.2, 0.25) is 0 Å². The van der Waals surface area contributed by atoms with E-state index < -0.39 is 5.69 Å². The maximum absolute atomic E-state index is 13.1. The lowest BCUT2D eigenvalue weighted by Crippen LogP contribution is -2.43. The van der Waals surface area contributed by atoms with Crippen molar-refractivity contribution >= 4 is 22.5 Å². The average molecular weight is 444 g/mol. The standard InChI is InChI=1S/C26H25N3O4/c1-3-18(2)29-25(31)22-11-7-8-12-23(22)28(26(29)32)17-24(30)27-19-13-15-21(16-14-19)33-20-9-5-4-6-10-20/h4-16,18H,3,17H2,1-2H3,(H,27,30)/t18-/m0/s1. The number of rotatable bonds is 7. The van der Waals surface area contributed by atoms with Gasteiger partial charge in [0.1, 0.15) is 18.0 Å². The maximum Gasteiger partial charge on any atom is 0.332 e. The summed E-state index contributed by atoms with van der Waals surface area (Å²) in [7, 11) is 0. The Hall–Kier alpha value is -4.13. The number of aromatic nitrogens is 2. The zero-order valence-corrected chi connectivity index (χ0v) is 18.5. The molecule has 1 aromatic heterocycles. The molecule has 7 nitrogen and oxygen atoms in total. The highest BCUT2D eigenvalue weighted by Crippen LogP contribution is 2.22. The van der Waals surface area contributed by atoms with E-state index in [2.05, 4.69) is 5.32 Å². The van der Waals surface area contributed by atoms with Gasteiger partial charge in [0.2, 0.25) is 5.91 Å². The molecule has 33 heavy (non-hydrogen) atoms. The quantitative estimate of drug-likeness (QED) is 0.454. The Kier molecular flexibility index (Phi) is 6.40. The third-order valence-corrected chi connectivity index (χ3v) is 5.53. The fourth-order valence-corrected chi connectivity index (χ4v) is 3.64. The molecule has 168 valence electrons. The van der Waals surface area contributed by atoms with Gasteiger partial charge in [-0.2, -0.15) is 0 Å². The second-order valence-corrected chi connectivity index (χ2v) is 7.81. The number of para-hydroxylation sites is 2. The number of ether oxygens (including phenoxy) is 1. The molecule has 0 saturated heterocycles. The second kappa shape index (κ2) is 9.56. The van der Waals surface area contributed by atoms with E-state index in [0.717, 1.165) is 5.75 Å². The normalized spacial score (nSPS) is 11.8. The molecule has 4 aromatic rings. The monoisotopic (exact) mass is 443 g/mol. The topological polar surface area (TPSA) is 82.3 Å². The number of carbonyl (C=O) groups is 1. The first-order chi connectivity index (χ1) is 16.0. The van der Waals surface area contributed by atoms with E-state index in [4.69, 9.17) is 4.74 Å². The maximum atomic E-state index is 13.1. The Morgan fingerprint density at radius 1 is 0.909 bits per heavy atom. The van der Waals surface area contributed by atoms with E-state index in [1.165, 1.54) is 9.13 Å². The summed E-state index contributed by atoms with van der Waals surface area (Å²) in [6.07, 6.45) is 0.622. The lowest BCUT2D eigenvalue weighted by molar-refractivity contribution is -0.116. The molecule has 0 bridgehead atoms. The van der Waals surface area contributed by atoms with Crippen molar-refractivity contribution in [3.8, 4) is 11.5 Å². The third kappa shape index (κ3) is 4.72. The molecular formula is C26H25N3O4. The van der Waals surface area contributed by atoms with Crippen LogP contribution in [0.4, 0.5) is 5.69 Å². The van der Waals surface area contributed by atoms with Crippen LogP contribution in [0.15, 0.2) is 88.5 Å². The van der Waals surface area contributed by atoms with E-state index in [0.29, 0.717) is 28.8 Å². The number of hydrogen-bond donors (Lipinski definition) is 1. The summed E-state index contributed by atoms with van der Waals surface area (Å²) in [6.45, 7) is 3.52. The fraction of sp³-hybridized carbons (Fsp3) is 0.192. The Balaban J connectivity index is 1.57. The van der Waals surface area contributed by atoms with Crippen LogP contribution in [-0.2, 0) is 11.3 Å². The number of amides is 1. The first kappa shape index (κ1) is 22.1. The first-order valence-electron chi connectivity index (χ1n) is 10.8. The van der Waals surface area contributed by atoms with Gasteiger partial charge in [-0.3, -0.25) is 18.7 Å². The highest BCUT2D eigenvalue weighted by atomic mass is 16.5. The van der Waals surface area contributed by atoms with Gasteiger partial charge >= 0.3 is 5.69 Å². The minimum absolute atomic E-state index is 0.210. The van der Waals surface area contributed by atoms with Crippen molar-refractivity contribution in [2.24, 2.45) is 0 Å². The third-order valence-electron chi connectivity index (χ3n) is 5.53. The van der Waals surface area contributed by atoms with Crippen LogP contribution in [-0.4, -0.2) is 15.0 Å². The van der Waals surface area contributed by atoms with Crippen LogP contribution in [0.3, 0.4) is 0 Å². The Morgan fingerprint density at radius 2 is 1.55 bits per heavy atom. The molecular weight excluding hydrogens is 418 g/mol. The van der Waals surface area contributed by atoms with Crippen molar-refractivity contribution in [2.75, 3.05) is 5.32 Å². The lowest BCUT2D eigenvalue weighted by atomic mass is 10.2. The van der Waals surface area contributed by atoms with Crippen LogP contribution in [0.25, 0.3) is 10.9 Å². The smallest absolute Gasteiger partial charge is 0.332 e. The largest absolute Gasteiger partial charge is 0.457 e. The van der Waals surface area contributed by atoms with Gasteiger partial charge in [0, 0.05) is 11.7 Å². The number of nitrogens with zero attached hydrogens (tertiary/aromatic N) is 2. The van der Waals surface area contributed by atoms with Crippen molar-refractivity contribution < 1.29 is 9.53 Å². The van der Waals surface area contributed by atoms with E-state index in [1.807, 2.05) is 44.2 Å². The van der Waals surface area contributed by atoms with Crippen molar-refractivity contribution in [3.05, 3.63) is 99.7 Å². The molecule has 1 amide bonds. The van der Waals surface area contributed by atoms with Gasteiger partial charge in [-0.05, 0) is 61.9 Å². The number of hydrogen-bond acceptors (Lipinski definition) is 4. The molecule has 0 saturated carbocycles. The molecule has 4 rings (SSSR count). The molecule has 1 heterocycles. The fourth-order valence-electron chi connectivity index (χ4n) is 3.64. The summed E-state index contributed by atoms with van der Waals surface area (Å²) in [4.78, 5) is 38.8. The molecule has 0 spiro atoms. The predicted octanol–water partition coefficient (Wildman–Crippen LogP) is 4.57. The molecule has 1 N–H and O–H groups in total. The molecule has 1 atom stereocenters. The molecule has 0 aliphatic carbocycles. The lowest BCUT2D eigenvalue weighted by Gasteiger charge is -2.17. The first-order valence-corrected chi connectivity index (χ1v) is 10.8. The zero-order valence-electron chi connectivity index (χ0n) is 18.5. The van der Waals surface area contributed by atoms with Gasteiger partial charge in [-0.1, -0.05) is 37.3 Å². The molecule has 0 aliphatic rings. The molecule has 0 radical (unpaired) electrons. The molecule has 7 heteroatoms. The molecule has 3 aromatic carbocycles. The van der Waals surface area contributed by atoms with Crippen molar-refractivity contribution in [1.29, 1.82) is 0 Å². The van der Waals surface area contributed by atoms with Crippen LogP contribution in [0, 0.1) is 0 Å². The summed E-state index contributed by atoms with van der Waals surface area (Å²) in [5.41, 5.74) is 0.187. The number of fused-ring (bicyclic) bond motifs is 1. The van der Waals surface area contributed by atoms with Crippen LogP contribution in [0.5, 0.6) is 11.5 Å². The van der Waals surface area contributed by atoms with Gasteiger partial charge < -0.3 is 10.1 Å². The van der Waals surface area contributed by atoms with E-state index >= 15 is 0 Å². The zero-order chi connectivity index (χ0) is 23.4. The highest BCUT2D eigenvalue weighted by Gasteiger charge is 2.18. The minimum atomic E-state index is -0.491. The van der Waals surface area contributed by atoms with Gasteiger partial charge in [0.25, 0.3) is 5.56 Å². The van der Waals surface area contributed by atoms with Crippen molar-refractivity contribution in [1.82, 2.24) is 9.13 Å². The van der Waals surface area contributed by atoms with Crippen LogP contribution >= 0.6 is 0 Å². The Bertz CT molecular complexity index is 1390. The number of anilines is 1. The van der Waals surface area contributed by atoms with Gasteiger partial charge in [-0.25, -0.2) is 4.79 Å². The number of benzene rings is 3. The average Bonchev–Trinajstić information content (AvgIpc) is 2.83. The second-order valence-electron chi connectivity index (χ2n) is 7.81. The van der Waals surface area contributed by atoms with Crippen molar-refractivity contribution in [2.45, 2.75) is 32.9 Å². The number of nitrogens with one attached hydrogen (secondary N) is 1. The van der Waals surface area contributed by atoms with E-state index in [9.17, 15) is 14.4 Å². The molecule has 0 aliphatic heterocycles. The molecule has 0 fully saturated rings. The number of carbonyl (C=O) groups excluding carboxylic acids is 1. The summed E-state index contributed by atoms with van der Waals surface area (Å²) in [6, 6.07) is 23.0. The predicted molar refractivity (Wildman–Crippen MR) is 129 cm³/mol. The minimum Gasteiger partial charge on any atom is -0.457 e. The summed E-state index contributed by atoms with van der Waals surface area (Å²) in [5.74, 6) is 0.993. The van der Waals surface area contributed by atoms with Crippen molar-refractivity contribution in [3.63, 3.8) is 0 Å². The van der Waals surface area contributed by atoms with E-state index in [-0.39, 0.29) is 24.1 Å². The van der Waals surface area contributed by atoms with Gasteiger partial charge in [0.05, 0.1) is 10.9 Å². The highest BCUT2D eigenvalue weighted by molar-refractivity contribution is 5.91.